The summed E-state index contributed by atoms with van der Waals surface area (Å²) < 4.78 is 5.38. The van der Waals surface area contributed by atoms with Crippen LogP contribution < -0.4 is 0 Å². The lowest BCUT2D eigenvalue weighted by Gasteiger charge is -2.00. The second-order valence-electron chi connectivity index (χ2n) is 2.51. The highest BCUT2D eigenvalue weighted by Crippen LogP contribution is 2.37. The molecule has 1 unspecified atom stereocenters. The molecule has 0 N–H and O–H groups in total. The van der Waals surface area contributed by atoms with Gasteiger partial charge in [0.05, 0.1) is 6.21 Å². The van der Waals surface area contributed by atoms with Gasteiger partial charge in [-0.15, -0.1) is 0 Å². The molecule has 2 heterocycles. The average molecular weight is 131 g/mol. The minimum atomic E-state index is -0.0139. The van der Waals surface area contributed by atoms with Crippen LogP contribution in [0.25, 0.3) is 0 Å². The van der Waals surface area contributed by atoms with E-state index in [9.17, 15) is 0 Å². The summed E-state index contributed by atoms with van der Waals surface area (Å²) in [7, 11) is 0. The van der Waals surface area contributed by atoms with E-state index < -0.39 is 0 Å². The Morgan fingerprint density at radius 1 is 1.50 bits per heavy atom. The van der Waals surface area contributed by atoms with Crippen LogP contribution in [0.5, 0.6) is 0 Å². The van der Waals surface area contributed by atoms with E-state index in [4.69, 9.17) is 4.74 Å². The fourth-order valence-electron chi connectivity index (χ4n) is 1.47. The van der Waals surface area contributed by atoms with E-state index in [2.05, 4.69) is 17.1 Å². The topological polar surface area (TPSA) is 21.6 Å². The van der Waals surface area contributed by atoms with Crippen LogP contribution >= 0.6 is 0 Å². The van der Waals surface area contributed by atoms with Crippen molar-refractivity contribution in [3.05, 3.63) is 35.1 Å². The van der Waals surface area contributed by atoms with Gasteiger partial charge in [-0.05, 0) is 0 Å². The summed E-state index contributed by atoms with van der Waals surface area (Å²) in [5.41, 5.74) is 2.44. The molecule has 0 aromatic heterocycles. The first-order valence-corrected chi connectivity index (χ1v) is 3.28. The number of aliphatic imine (C=N–C) groups is 1. The van der Waals surface area contributed by atoms with Crippen LogP contribution in [0.1, 0.15) is 0 Å². The summed E-state index contributed by atoms with van der Waals surface area (Å²) in [5.74, 6) is 0.935. The quantitative estimate of drug-likeness (QED) is 0.483. The molecule has 1 aliphatic carbocycles. The zero-order valence-electron chi connectivity index (χ0n) is 5.24. The molecule has 2 aliphatic heterocycles. The Kier molecular flexibility index (Phi) is 0.556. The Hall–Kier alpha value is -1.31. The summed E-state index contributed by atoms with van der Waals surface area (Å²) in [6.45, 7) is 0. The van der Waals surface area contributed by atoms with Crippen molar-refractivity contribution in [1.29, 1.82) is 0 Å². The van der Waals surface area contributed by atoms with E-state index in [0.717, 1.165) is 5.76 Å². The minimum absolute atomic E-state index is 0.0139. The van der Waals surface area contributed by atoms with Crippen LogP contribution in [-0.4, -0.2) is 12.4 Å². The number of dihydropyridines is 1. The molecule has 2 nitrogen and oxygen atoms in total. The number of ether oxygens (including phenoxy) is 1. The summed E-state index contributed by atoms with van der Waals surface area (Å²) in [4.78, 5) is 4.13. The van der Waals surface area contributed by atoms with Gasteiger partial charge in [-0.1, -0.05) is 18.2 Å². The molecule has 2 heteroatoms. The zero-order valence-corrected chi connectivity index (χ0v) is 5.24. The molecule has 0 amide bonds. The van der Waals surface area contributed by atoms with Crippen molar-refractivity contribution in [1.82, 2.24) is 0 Å². The largest absolute Gasteiger partial charge is 0.462 e. The molecule has 0 saturated heterocycles. The van der Waals surface area contributed by atoms with Crippen molar-refractivity contribution in [3.8, 4) is 0 Å². The minimum Gasteiger partial charge on any atom is -0.462 e. The van der Waals surface area contributed by atoms with Gasteiger partial charge in [0.1, 0.15) is 5.76 Å². The molecule has 2 bridgehead atoms. The molecule has 10 heavy (non-hydrogen) atoms. The molecule has 0 saturated carbocycles. The van der Waals surface area contributed by atoms with Gasteiger partial charge in [-0.3, -0.25) is 0 Å². The monoisotopic (exact) mass is 131 g/mol. The predicted octanol–water partition coefficient (Wildman–Crippen LogP) is 1.18. The molecule has 0 aromatic rings. The maximum atomic E-state index is 5.38. The third-order valence-corrected chi connectivity index (χ3v) is 1.95. The van der Waals surface area contributed by atoms with Crippen molar-refractivity contribution in [2.45, 2.75) is 6.23 Å². The van der Waals surface area contributed by atoms with Gasteiger partial charge < -0.3 is 4.74 Å². The number of rotatable bonds is 0. The first-order chi connectivity index (χ1) is 4.95. The van der Waals surface area contributed by atoms with Crippen molar-refractivity contribution >= 4 is 6.21 Å². The lowest BCUT2D eigenvalue weighted by molar-refractivity contribution is 0.209. The van der Waals surface area contributed by atoms with E-state index >= 15 is 0 Å². The van der Waals surface area contributed by atoms with Crippen molar-refractivity contribution < 1.29 is 4.74 Å². The molecule has 0 spiro atoms. The summed E-state index contributed by atoms with van der Waals surface area (Å²) in [6, 6.07) is 0. The molecular weight excluding hydrogens is 126 g/mol. The second kappa shape index (κ2) is 1.24. The smallest absolute Gasteiger partial charge is 0.216 e. The molecule has 1 atom stereocenters. The predicted molar refractivity (Wildman–Crippen MR) is 37.6 cm³/mol. The van der Waals surface area contributed by atoms with Gasteiger partial charge in [0.2, 0.25) is 6.23 Å². The van der Waals surface area contributed by atoms with Gasteiger partial charge in [0, 0.05) is 11.1 Å². The fourth-order valence-corrected chi connectivity index (χ4v) is 1.47. The Morgan fingerprint density at radius 3 is 3.40 bits per heavy atom. The summed E-state index contributed by atoms with van der Waals surface area (Å²) in [5, 5.41) is 0. The van der Waals surface area contributed by atoms with Crippen molar-refractivity contribution in [2.24, 2.45) is 4.99 Å². The molecule has 0 radical (unpaired) electrons. The lowest BCUT2D eigenvalue weighted by Crippen LogP contribution is -2.00. The Balaban J connectivity index is 2.34. The highest BCUT2D eigenvalue weighted by atomic mass is 16.5. The standard InChI is InChI=1S/C8H5NO/c1-2-5-6(3-1)8-9-4-7(5)10-8/h1-4,8H. The highest BCUT2D eigenvalue weighted by Gasteiger charge is 2.33. The van der Waals surface area contributed by atoms with Gasteiger partial charge in [0.15, 0.2) is 0 Å². The number of nitrogens with zero attached hydrogens (tertiary/aromatic N) is 1. The van der Waals surface area contributed by atoms with Crippen LogP contribution in [0.2, 0.25) is 0 Å². The number of fused-ring (bicyclic) bond motifs is 4. The second-order valence-corrected chi connectivity index (χ2v) is 2.51. The van der Waals surface area contributed by atoms with Gasteiger partial charge in [-0.25, -0.2) is 4.99 Å². The highest BCUT2D eigenvalue weighted by molar-refractivity contribution is 5.86. The van der Waals surface area contributed by atoms with Gasteiger partial charge in [-0.2, -0.15) is 0 Å². The van der Waals surface area contributed by atoms with E-state index in [1.165, 1.54) is 11.1 Å². The third-order valence-electron chi connectivity index (χ3n) is 1.95. The van der Waals surface area contributed by atoms with E-state index in [0.29, 0.717) is 0 Å². The Bertz CT molecular complexity index is 320. The SMILES string of the molecule is C1=CC2=C3C=NC(O3)C2=C1. The first-order valence-electron chi connectivity index (χ1n) is 3.28. The van der Waals surface area contributed by atoms with Crippen LogP contribution in [0.15, 0.2) is 40.1 Å². The van der Waals surface area contributed by atoms with Crippen LogP contribution in [0.3, 0.4) is 0 Å². The Morgan fingerprint density at radius 2 is 2.50 bits per heavy atom. The van der Waals surface area contributed by atoms with Crippen LogP contribution in [0.4, 0.5) is 0 Å². The van der Waals surface area contributed by atoms with Crippen LogP contribution in [0, 0.1) is 0 Å². The third kappa shape index (κ3) is 0.328. The fraction of sp³-hybridized carbons (Fsp3) is 0.125. The summed E-state index contributed by atoms with van der Waals surface area (Å²) in [6.07, 6.45) is 7.95. The van der Waals surface area contributed by atoms with Gasteiger partial charge in [0.25, 0.3) is 0 Å². The van der Waals surface area contributed by atoms with Gasteiger partial charge >= 0.3 is 0 Å². The number of hydrogen-bond donors (Lipinski definition) is 0. The van der Waals surface area contributed by atoms with Crippen LogP contribution in [-0.2, 0) is 4.74 Å². The van der Waals surface area contributed by atoms with E-state index in [1.807, 2.05) is 6.08 Å². The van der Waals surface area contributed by atoms with E-state index in [1.54, 1.807) is 6.21 Å². The summed E-state index contributed by atoms with van der Waals surface area (Å²) >= 11 is 0. The molecule has 0 fully saturated rings. The average Bonchev–Trinajstić information content (AvgIpc) is 2.60. The molecule has 3 aliphatic rings. The molecule has 48 valence electrons. The van der Waals surface area contributed by atoms with Crippen molar-refractivity contribution in [3.63, 3.8) is 0 Å². The van der Waals surface area contributed by atoms with Crippen molar-refractivity contribution in [2.75, 3.05) is 0 Å². The number of allylic oxidation sites excluding steroid dienone is 4. The maximum Gasteiger partial charge on any atom is 0.216 e. The molecule has 3 rings (SSSR count). The Labute approximate surface area is 58.2 Å². The normalized spacial score (nSPS) is 31.2. The number of hydrogen-bond acceptors (Lipinski definition) is 2. The van der Waals surface area contributed by atoms with E-state index in [-0.39, 0.29) is 6.23 Å². The zero-order chi connectivity index (χ0) is 6.55. The maximum absolute atomic E-state index is 5.38. The molecular formula is C8H5NO. The first kappa shape index (κ1) is 4.50. The molecule has 0 aromatic carbocycles. The lowest BCUT2D eigenvalue weighted by atomic mass is 10.1.